The summed E-state index contributed by atoms with van der Waals surface area (Å²) in [7, 11) is 0. The Balaban J connectivity index is 2.10. The largest absolute Gasteiger partial charge is 0.508 e. The lowest BCUT2D eigenvalue weighted by molar-refractivity contribution is 0.286. The van der Waals surface area contributed by atoms with E-state index >= 15 is 0 Å². The number of hydrogen-bond acceptors (Lipinski definition) is 3. The number of aryl methyl sites for hydroxylation is 1. The molecule has 0 radical (unpaired) electrons. The molecule has 0 aliphatic heterocycles. The summed E-state index contributed by atoms with van der Waals surface area (Å²) in [5.74, 6) is 1.83. The second kappa shape index (κ2) is 4.91. The third-order valence-corrected chi connectivity index (χ3v) is 2.75. The number of imidazole rings is 1. The maximum absolute atomic E-state index is 9.56. The first kappa shape index (κ1) is 11.5. The van der Waals surface area contributed by atoms with Crippen molar-refractivity contribution in [2.45, 2.75) is 27.0 Å². The standard InChI is InChI=1S/C13H16N2O2/c1-3-15-8-7-14-13(15)9-17-12-6-4-5-11(16)10(12)2/h4-8,16H,3,9H2,1-2H3. The van der Waals surface area contributed by atoms with Crippen LogP contribution < -0.4 is 4.74 Å². The van der Waals surface area contributed by atoms with Crippen LogP contribution in [0.5, 0.6) is 11.5 Å². The summed E-state index contributed by atoms with van der Waals surface area (Å²) in [5, 5.41) is 9.56. The molecule has 90 valence electrons. The van der Waals surface area contributed by atoms with Crippen LogP contribution in [-0.4, -0.2) is 14.7 Å². The number of phenolic OH excluding ortho intramolecular Hbond substituents is 1. The van der Waals surface area contributed by atoms with Gasteiger partial charge in [-0.3, -0.25) is 0 Å². The zero-order chi connectivity index (χ0) is 12.3. The van der Waals surface area contributed by atoms with Crippen molar-refractivity contribution in [3.05, 3.63) is 42.0 Å². The van der Waals surface area contributed by atoms with Crippen molar-refractivity contribution in [3.8, 4) is 11.5 Å². The Morgan fingerprint density at radius 3 is 3.00 bits per heavy atom. The summed E-state index contributed by atoms with van der Waals surface area (Å²) in [6.07, 6.45) is 3.69. The first-order valence-corrected chi connectivity index (χ1v) is 5.63. The van der Waals surface area contributed by atoms with Crippen molar-refractivity contribution in [2.24, 2.45) is 0 Å². The lowest BCUT2D eigenvalue weighted by Gasteiger charge is -2.10. The third-order valence-electron chi connectivity index (χ3n) is 2.75. The second-order valence-corrected chi connectivity index (χ2v) is 3.82. The first-order chi connectivity index (χ1) is 8.22. The average Bonchev–Trinajstić information content (AvgIpc) is 2.78. The smallest absolute Gasteiger partial charge is 0.146 e. The molecule has 0 aliphatic carbocycles. The molecule has 0 amide bonds. The first-order valence-electron chi connectivity index (χ1n) is 5.63. The van der Waals surface area contributed by atoms with Gasteiger partial charge in [-0.1, -0.05) is 6.07 Å². The van der Waals surface area contributed by atoms with Gasteiger partial charge in [-0.15, -0.1) is 0 Å². The quantitative estimate of drug-likeness (QED) is 0.881. The number of ether oxygens (including phenoxy) is 1. The number of hydrogen-bond donors (Lipinski definition) is 1. The van der Waals surface area contributed by atoms with Gasteiger partial charge < -0.3 is 14.4 Å². The normalized spacial score (nSPS) is 10.5. The van der Waals surface area contributed by atoms with Crippen LogP contribution in [0.2, 0.25) is 0 Å². The van der Waals surface area contributed by atoms with Crippen molar-refractivity contribution in [1.29, 1.82) is 0 Å². The predicted molar refractivity (Wildman–Crippen MR) is 65.1 cm³/mol. The third kappa shape index (κ3) is 2.41. The van der Waals surface area contributed by atoms with Gasteiger partial charge in [0.15, 0.2) is 0 Å². The summed E-state index contributed by atoms with van der Waals surface area (Å²) >= 11 is 0. The topological polar surface area (TPSA) is 47.3 Å². The van der Waals surface area contributed by atoms with Crippen LogP contribution in [0.1, 0.15) is 18.3 Å². The van der Waals surface area contributed by atoms with Crippen molar-refractivity contribution < 1.29 is 9.84 Å². The SMILES string of the molecule is CCn1ccnc1COc1cccc(O)c1C. The minimum atomic E-state index is 0.251. The van der Waals surface area contributed by atoms with Crippen LogP contribution in [0.15, 0.2) is 30.6 Å². The van der Waals surface area contributed by atoms with Gasteiger partial charge in [-0.05, 0) is 26.0 Å². The number of nitrogens with zero attached hydrogens (tertiary/aromatic N) is 2. The molecule has 17 heavy (non-hydrogen) atoms. The highest BCUT2D eigenvalue weighted by Gasteiger charge is 2.06. The van der Waals surface area contributed by atoms with Gasteiger partial charge >= 0.3 is 0 Å². The van der Waals surface area contributed by atoms with E-state index in [0.717, 1.165) is 17.9 Å². The summed E-state index contributed by atoms with van der Waals surface area (Å²) in [5.41, 5.74) is 0.752. The van der Waals surface area contributed by atoms with E-state index in [1.54, 1.807) is 18.3 Å². The van der Waals surface area contributed by atoms with Crippen LogP contribution in [0.3, 0.4) is 0 Å². The van der Waals surface area contributed by atoms with E-state index in [2.05, 4.69) is 11.9 Å². The van der Waals surface area contributed by atoms with E-state index < -0.39 is 0 Å². The van der Waals surface area contributed by atoms with Crippen molar-refractivity contribution in [2.75, 3.05) is 0 Å². The fourth-order valence-electron chi connectivity index (χ4n) is 1.67. The van der Waals surface area contributed by atoms with E-state index in [9.17, 15) is 5.11 Å². The molecule has 0 aliphatic rings. The van der Waals surface area contributed by atoms with Gasteiger partial charge in [0.2, 0.25) is 0 Å². The second-order valence-electron chi connectivity index (χ2n) is 3.82. The molecule has 0 saturated heterocycles. The molecule has 0 atom stereocenters. The van der Waals surface area contributed by atoms with Crippen LogP contribution in [0.25, 0.3) is 0 Å². The summed E-state index contributed by atoms with van der Waals surface area (Å²) < 4.78 is 7.69. The molecule has 0 saturated carbocycles. The molecule has 0 spiro atoms. The summed E-state index contributed by atoms with van der Waals surface area (Å²) in [6, 6.07) is 5.26. The Hall–Kier alpha value is -1.97. The molecule has 0 unspecified atom stereocenters. The lowest BCUT2D eigenvalue weighted by Crippen LogP contribution is -2.05. The monoisotopic (exact) mass is 232 g/mol. The molecule has 1 aromatic heterocycles. The molecule has 2 aromatic rings. The van der Waals surface area contributed by atoms with Crippen LogP contribution in [-0.2, 0) is 13.2 Å². The Morgan fingerprint density at radius 2 is 2.24 bits per heavy atom. The lowest BCUT2D eigenvalue weighted by atomic mass is 10.2. The number of rotatable bonds is 4. The van der Waals surface area contributed by atoms with E-state index in [4.69, 9.17) is 4.74 Å². The maximum Gasteiger partial charge on any atom is 0.146 e. The van der Waals surface area contributed by atoms with Gasteiger partial charge in [0, 0.05) is 24.5 Å². The van der Waals surface area contributed by atoms with Gasteiger partial charge in [0.25, 0.3) is 0 Å². The molecule has 1 heterocycles. The van der Waals surface area contributed by atoms with Gasteiger partial charge in [0.05, 0.1) is 0 Å². The molecule has 4 heteroatoms. The van der Waals surface area contributed by atoms with Crippen molar-refractivity contribution in [3.63, 3.8) is 0 Å². The van der Waals surface area contributed by atoms with Gasteiger partial charge in [-0.2, -0.15) is 0 Å². The minimum Gasteiger partial charge on any atom is -0.508 e. The highest BCUT2D eigenvalue weighted by molar-refractivity contribution is 5.42. The fraction of sp³-hybridized carbons (Fsp3) is 0.308. The molecule has 0 fully saturated rings. The van der Waals surface area contributed by atoms with Gasteiger partial charge in [0.1, 0.15) is 23.9 Å². The summed E-state index contributed by atoms with van der Waals surface area (Å²) in [6.45, 7) is 5.17. The average molecular weight is 232 g/mol. The van der Waals surface area contributed by atoms with Crippen molar-refractivity contribution >= 4 is 0 Å². The number of benzene rings is 1. The highest BCUT2D eigenvalue weighted by Crippen LogP contribution is 2.26. The maximum atomic E-state index is 9.56. The van der Waals surface area contributed by atoms with E-state index in [-0.39, 0.29) is 5.75 Å². The molecule has 1 aromatic carbocycles. The minimum absolute atomic E-state index is 0.251. The zero-order valence-electron chi connectivity index (χ0n) is 10.1. The van der Waals surface area contributed by atoms with E-state index in [1.807, 2.05) is 23.8 Å². The Morgan fingerprint density at radius 1 is 1.41 bits per heavy atom. The molecular formula is C13H16N2O2. The molecular weight excluding hydrogens is 216 g/mol. The fourth-order valence-corrected chi connectivity index (χ4v) is 1.67. The van der Waals surface area contributed by atoms with Crippen LogP contribution >= 0.6 is 0 Å². The Bertz CT molecular complexity index is 506. The predicted octanol–water partition coefficient (Wildman–Crippen LogP) is 2.50. The zero-order valence-corrected chi connectivity index (χ0v) is 10.1. The van der Waals surface area contributed by atoms with Crippen LogP contribution in [0.4, 0.5) is 0 Å². The van der Waals surface area contributed by atoms with Crippen molar-refractivity contribution in [1.82, 2.24) is 9.55 Å². The Labute approximate surface area is 100 Å². The number of phenols is 1. The molecule has 1 N–H and O–H groups in total. The summed E-state index contributed by atoms with van der Waals surface area (Å²) in [4.78, 5) is 4.23. The molecule has 4 nitrogen and oxygen atoms in total. The highest BCUT2D eigenvalue weighted by atomic mass is 16.5. The molecule has 0 bridgehead atoms. The Kier molecular flexibility index (Phi) is 3.32. The van der Waals surface area contributed by atoms with Crippen LogP contribution in [0, 0.1) is 6.92 Å². The van der Waals surface area contributed by atoms with E-state index in [0.29, 0.717) is 12.4 Å². The van der Waals surface area contributed by atoms with Gasteiger partial charge in [-0.25, -0.2) is 4.98 Å². The number of aromatic nitrogens is 2. The number of aromatic hydroxyl groups is 1. The molecule has 2 rings (SSSR count). The van der Waals surface area contributed by atoms with E-state index in [1.165, 1.54) is 0 Å².